The van der Waals surface area contributed by atoms with Crippen LogP contribution in [0.5, 0.6) is 5.75 Å². The van der Waals surface area contributed by atoms with Gasteiger partial charge in [-0.25, -0.2) is 0 Å². The topological polar surface area (TPSA) is 32.7 Å². The molecule has 1 N–H and O–H groups in total. The fraction of sp³-hybridized carbons (Fsp3) is 0.556. The summed E-state index contributed by atoms with van der Waals surface area (Å²) in [6.07, 6.45) is 4.29. The lowest BCUT2D eigenvalue weighted by Gasteiger charge is -2.14. The zero-order chi connectivity index (χ0) is 14.9. The van der Waals surface area contributed by atoms with Crippen molar-refractivity contribution >= 4 is 0 Å². The normalized spacial score (nSPS) is 14.8. The second-order valence-corrected chi connectivity index (χ2v) is 5.50. The molecule has 0 unspecified atom stereocenters. The van der Waals surface area contributed by atoms with Crippen LogP contribution in [0.4, 0.5) is 0 Å². The van der Waals surface area contributed by atoms with Crippen molar-refractivity contribution in [3.8, 4) is 17.6 Å². The monoisotopic (exact) mass is 287 g/mol. The molecule has 1 fully saturated rings. The minimum Gasteiger partial charge on any atom is -0.494 e. The smallest absolute Gasteiger partial charge is 0.119 e. The molecule has 0 bridgehead atoms. The van der Waals surface area contributed by atoms with Crippen molar-refractivity contribution < 1.29 is 9.84 Å². The number of ether oxygens (including phenoxy) is 1. The van der Waals surface area contributed by atoms with E-state index in [2.05, 4.69) is 16.7 Å². The third-order valence-corrected chi connectivity index (χ3v) is 3.74. The molecular weight excluding hydrogens is 262 g/mol. The fourth-order valence-electron chi connectivity index (χ4n) is 2.56. The van der Waals surface area contributed by atoms with Crippen LogP contribution in [-0.2, 0) is 0 Å². The predicted molar refractivity (Wildman–Crippen MR) is 85.5 cm³/mol. The maximum Gasteiger partial charge on any atom is 0.119 e. The van der Waals surface area contributed by atoms with Crippen molar-refractivity contribution in [1.82, 2.24) is 4.90 Å². The van der Waals surface area contributed by atoms with Gasteiger partial charge in [0.05, 0.1) is 13.2 Å². The lowest BCUT2D eigenvalue weighted by molar-refractivity contribution is 0.263. The number of rotatable bonds is 6. The summed E-state index contributed by atoms with van der Waals surface area (Å²) in [5.74, 6) is 6.94. The highest BCUT2D eigenvalue weighted by atomic mass is 16.5. The van der Waals surface area contributed by atoms with E-state index in [1.807, 2.05) is 25.1 Å². The number of hydrogen-bond acceptors (Lipinski definition) is 3. The number of benzene rings is 1. The van der Waals surface area contributed by atoms with Gasteiger partial charge < -0.3 is 14.7 Å². The first-order valence-corrected chi connectivity index (χ1v) is 7.85. The SMILES string of the molecule is Cc1cc(OCCCN2CCCC2)ccc1C#CCCO. The first kappa shape index (κ1) is 15.9. The Hall–Kier alpha value is -1.50. The number of aryl methyl sites for hydroxylation is 1. The maximum absolute atomic E-state index is 8.73. The highest BCUT2D eigenvalue weighted by molar-refractivity contribution is 5.44. The molecule has 1 aromatic rings. The van der Waals surface area contributed by atoms with Gasteiger partial charge in [0.15, 0.2) is 0 Å². The molecule has 0 radical (unpaired) electrons. The molecule has 3 heteroatoms. The van der Waals surface area contributed by atoms with E-state index in [0.717, 1.165) is 36.4 Å². The second kappa shape index (κ2) is 8.71. The Morgan fingerprint density at radius 2 is 2.10 bits per heavy atom. The minimum absolute atomic E-state index is 0.115. The molecule has 2 rings (SSSR count). The van der Waals surface area contributed by atoms with Gasteiger partial charge in [0, 0.05) is 18.5 Å². The highest BCUT2D eigenvalue weighted by Gasteiger charge is 2.10. The van der Waals surface area contributed by atoms with Crippen LogP contribution in [0.1, 0.15) is 36.8 Å². The molecular formula is C18H25NO2. The van der Waals surface area contributed by atoms with Gasteiger partial charge in [-0.15, -0.1) is 0 Å². The fourth-order valence-corrected chi connectivity index (χ4v) is 2.56. The zero-order valence-electron chi connectivity index (χ0n) is 12.9. The maximum atomic E-state index is 8.73. The van der Waals surface area contributed by atoms with E-state index in [1.165, 1.54) is 25.9 Å². The molecule has 0 atom stereocenters. The Morgan fingerprint density at radius 1 is 1.29 bits per heavy atom. The summed E-state index contributed by atoms with van der Waals surface area (Å²) in [5.41, 5.74) is 2.13. The highest BCUT2D eigenvalue weighted by Crippen LogP contribution is 2.17. The predicted octanol–water partition coefficient (Wildman–Crippen LogP) is 2.59. The van der Waals surface area contributed by atoms with Crippen LogP contribution in [0.15, 0.2) is 18.2 Å². The van der Waals surface area contributed by atoms with Crippen LogP contribution in [-0.4, -0.2) is 42.9 Å². The van der Waals surface area contributed by atoms with Crippen molar-refractivity contribution in [1.29, 1.82) is 0 Å². The Morgan fingerprint density at radius 3 is 2.81 bits per heavy atom. The summed E-state index contributed by atoms with van der Waals surface area (Å²) in [6.45, 7) is 6.57. The lowest BCUT2D eigenvalue weighted by Crippen LogP contribution is -2.21. The summed E-state index contributed by atoms with van der Waals surface area (Å²) in [6, 6.07) is 6.01. The summed E-state index contributed by atoms with van der Waals surface area (Å²) >= 11 is 0. The van der Waals surface area contributed by atoms with Gasteiger partial charge in [-0.05, 0) is 63.0 Å². The first-order valence-electron chi connectivity index (χ1n) is 7.85. The first-order chi connectivity index (χ1) is 10.3. The van der Waals surface area contributed by atoms with E-state index >= 15 is 0 Å². The van der Waals surface area contributed by atoms with Crippen LogP contribution in [0.3, 0.4) is 0 Å². The van der Waals surface area contributed by atoms with Crippen LogP contribution >= 0.6 is 0 Å². The van der Waals surface area contributed by atoms with E-state index in [1.54, 1.807) is 0 Å². The number of hydrogen-bond donors (Lipinski definition) is 1. The van der Waals surface area contributed by atoms with Gasteiger partial charge >= 0.3 is 0 Å². The van der Waals surface area contributed by atoms with E-state index in [9.17, 15) is 0 Å². The standard InChI is InChI=1S/C18H25NO2/c1-16-15-18(9-8-17(16)7-2-5-13-20)21-14-6-12-19-10-3-4-11-19/h8-9,15,20H,3-6,10-14H2,1H3. The molecule has 0 amide bonds. The molecule has 21 heavy (non-hydrogen) atoms. The van der Waals surface area contributed by atoms with Crippen molar-refractivity contribution in [3.63, 3.8) is 0 Å². The van der Waals surface area contributed by atoms with Gasteiger partial charge in [-0.1, -0.05) is 11.8 Å². The lowest BCUT2D eigenvalue weighted by atomic mass is 10.1. The van der Waals surface area contributed by atoms with Crippen LogP contribution < -0.4 is 4.74 Å². The number of likely N-dealkylation sites (tertiary alicyclic amines) is 1. The van der Waals surface area contributed by atoms with E-state index in [4.69, 9.17) is 9.84 Å². The Balaban J connectivity index is 1.76. The largest absolute Gasteiger partial charge is 0.494 e. The second-order valence-electron chi connectivity index (χ2n) is 5.50. The Labute approximate surface area is 127 Å². The van der Waals surface area contributed by atoms with Crippen molar-refractivity contribution in [2.24, 2.45) is 0 Å². The average Bonchev–Trinajstić information content (AvgIpc) is 2.99. The Kier molecular flexibility index (Phi) is 6.59. The van der Waals surface area contributed by atoms with Crippen molar-refractivity contribution in [3.05, 3.63) is 29.3 Å². The summed E-state index contributed by atoms with van der Waals surface area (Å²) < 4.78 is 5.81. The van der Waals surface area contributed by atoms with Crippen molar-refractivity contribution in [2.45, 2.75) is 32.6 Å². The Bertz CT molecular complexity index is 496. The quantitative estimate of drug-likeness (QED) is 0.645. The summed E-state index contributed by atoms with van der Waals surface area (Å²) in [7, 11) is 0. The molecule has 1 aliphatic rings. The molecule has 0 aromatic heterocycles. The van der Waals surface area contributed by atoms with Gasteiger partial charge in [-0.2, -0.15) is 0 Å². The van der Waals surface area contributed by atoms with E-state index in [0.29, 0.717) is 6.42 Å². The molecule has 1 saturated heterocycles. The van der Waals surface area contributed by atoms with E-state index in [-0.39, 0.29) is 6.61 Å². The molecule has 0 saturated carbocycles. The molecule has 0 aliphatic carbocycles. The zero-order valence-corrected chi connectivity index (χ0v) is 12.9. The summed E-state index contributed by atoms with van der Waals surface area (Å²) in [5, 5.41) is 8.73. The van der Waals surface area contributed by atoms with Crippen molar-refractivity contribution in [2.75, 3.05) is 32.8 Å². The number of nitrogens with zero attached hydrogens (tertiary/aromatic N) is 1. The van der Waals surface area contributed by atoms with Crippen LogP contribution in [0.25, 0.3) is 0 Å². The van der Waals surface area contributed by atoms with Crippen LogP contribution in [0.2, 0.25) is 0 Å². The van der Waals surface area contributed by atoms with E-state index < -0.39 is 0 Å². The average molecular weight is 287 g/mol. The van der Waals surface area contributed by atoms with Gasteiger partial charge in [0.1, 0.15) is 5.75 Å². The molecule has 0 spiro atoms. The van der Waals surface area contributed by atoms with Gasteiger partial charge in [-0.3, -0.25) is 0 Å². The summed E-state index contributed by atoms with van der Waals surface area (Å²) in [4.78, 5) is 2.51. The molecule has 3 nitrogen and oxygen atoms in total. The molecule has 114 valence electrons. The minimum atomic E-state index is 0.115. The third-order valence-electron chi connectivity index (χ3n) is 3.74. The molecule has 1 aromatic carbocycles. The van der Waals surface area contributed by atoms with Crippen LogP contribution in [0, 0.1) is 18.8 Å². The number of aliphatic hydroxyl groups is 1. The molecule has 1 aliphatic heterocycles. The van der Waals surface area contributed by atoms with Gasteiger partial charge in [0.25, 0.3) is 0 Å². The van der Waals surface area contributed by atoms with Gasteiger partial charge in [0.2, 0.25) is 0 Å². The number of aliphatic hydroxyl groups excluding tert-OH is 1. The molecule has 1 heterocycles. The third kappa shape index (κ3) is 5.41.